The third kappa shape index (κ3) is 4.02. The van der Waals surface area contributed by atoms with Gasteiger partial charge in [0.15, 0.2) is 0 Å². The smallest absolute Gasteiger partial charge is 0.222 e. The van der Waals surface area contributed by atoms with Crippen molar-refractivity contribution in [1.82, 2.24) is 9.97 Å². The van der Waals surface area contributed by atoms with E-state index in [1.165, 1.54) is 0 Å². The summed E-state index contributed by atoms with van der Waals surface area (Å²) in [4.78, 5) is 8.52. The predicted molar refractivity (Wildman–Crippen MR) is 75.2 cm³/mol. The van der Waals surface area contributed by atoms with Crippen LogP contribution < -0.4 is 10.1 Å². The van der Waals surface area contributed by atoms with Gasteiger partial charge in [-0.15, -0.1) is 6.58 Å². The molecular formula is C14H23N3O. The van der Waals surface area contributed by atoms with Crippen LogP contribution in [0.5, 0.6) is 5.88 Å². The number of hydrogen-bond acceptors (Lipinski definition) is 4. The average molecular weight is 249 g/mol. The molecule has 100 valence electrons. The average Bonchev–Trinajstić information content (AvgIpc) is 2.35. The molecule has 0 aliphatic rings. The first-order valence-electron chi connectivity index (χ1n) is 6.53. The summed E-state index contributed by atoms with van der Waals surface area (Å²) in [5.41, 5.74) is 1.05. The highest BCUT2D eigenvalue weighted by atomic mass is 16.5. The van der Waals surface area contributed by atoms with E-state index < -0.39 is 0 Å². The van der Waals surface area contributed by atoms with Crippen LogP contribution >= 0.6 is 0 Å². The van der Waals surface area contributed by atoms with E-state index in [0.717, 1.165) is 30.8 Å². The van der Waals surface area contributed by atoms with E-state index in [9.17, 15) is 0 Å². The zero-order valence-corrected chi connectivity index (χ0v) is 11.6. The maximum atomic E-state index is 5.75. The Hall–Kier alpha value is -1.58. The summed E-state index contributed by atoms with van der Waals surface area (Å²) >= 11 is 0. The molecule has 0 fully saturated rings. The third-order valence-corrected chi connectivity index (χ3v) is 2.56. The summed E-state index contributed by atoms with van der Waals surface area (Å²) in [6.45, 7) is 11.5. The van der Waals surface area contributed by atoms with Crippen LogP contribution in [0.25, 0.3) is 0 Å². The maximum absolute atomic E-state index is 5.75. The predicted octanol–water partition coefficient (Wildman–Crippen LogP) is 3.38. The number of nitrogens with zero attached hydrogens (tertiary/aromatic N) is 2. The van der Waals surface area contributed by atoms with Gasteiger partial charge in [-0.1, -0.05) is 19.9 Å². The Bertz CT molecular complexity index is 377. The Labute approximate surface area is 109 Å². The van der Waals surface area contributed by atoms with Gasteiger partial charge in [0.2, 0.25) is 5.88 Å². The Morgan fingerprint density at radius 1 is 1.44 bits per heavy atom. The fraction of sp³-hybridized carbons (Fsp3) is 0.571. The topological polar surface area (TPSA) is 47.0 Å². The number of allylic oxidation sites excluding steroid dienone is 1. The normalized spacial score (nSPS) is 10.4. The second kappa shape index (κ2) is 7.69. The van der Waals surface area contributed by atoms with E-state index in [4.69, 9.17) is 4.74 Å². The van der Waals surface area contributed by atoms with Crippen LogP contribution in [0, 0.1) is 0 Å². The summed E-state index contributed by atoms with van der Waals surface area (Å²) in [6, 6.07) is 0. The van der Waals surface area contributed by atoms with Crippen molar-refractivity contribution in [3.63, 3.8) is 0 Å². The first-order chi connectivity index (χ1) is 8.70. The molecule has 0 radical (unpaired) electrons. The molecule has 0 saturated heterocycles. The van der Waals surface area contributed by atoms with Gasteiger partial charge in [-0.3, -0.25) is 0 Å². The third-order valence-electron chi connectivity index (χ3n) is 2.56. The zero-order valence-electron chi connectivity index (χ0n) is 11.6. The molecule has 1 heterocycles. The van der Waals surface area contributed by atoms with Crippen molar-refractivity contribution in [2.75, 3.05) is 18.5 Å². The van der Waals surface area contributed by atoms with E-state index in [1.807, 2.05) is 6.08 Å². The van der Waals surface area contributed by atoms with Gasteiger partial charge in [-0.2, -0.15) is 0 Å². The van der Waals surface area contributed by atoms with Crippen LogP contribution in [0.4, 0.5) is 5.82 Å². The van der Waals surface area contributed by atoms with Crippen molar-refractivity contribution in [2.45, 2.75) is 39.5 Å². The van der Waals surface area contributed by atoms with Crippen molar-refractivity contribution in [3.05, 3.63) is 24.5 Å². The lowest BCUT2D eigenvalue weighted by Gasteiger charge is -2.16. The highest BCUT2D eigenvalue weighted by molar-refractivity contribution is 5.50. The van der Waals surface area contributed by atoms with Crippen LogP contribution in [0.3, 0.4) is 0 Å². The minimum absolute atomic E-state index is 0.328. The molecule has 18 heavy (non-hydrogen) atoms. The molecular weight excluding hydrogens is 226 g/mol. The van der Waals surface area contributed by atoms with Crippen LogP contribution in [0.2, 0.25) is 0 Å². The standard InChI is InChI=1S/C14H23N3O/c1-5-7-8-9-18-14-12(11(3)4)13(15-6-2)16-10-17-14/h5,10-11H,1,6-9H2,2-4H3,(H,15,16,17). The summed E-state index contributed by atoms with van der Waals surface area (Å²) in [7, 11) is 0. The second-order valence-corrected chi connectivity index (χ2v) is 4.41. The Morgan fingerprint density at radius 3 is 2.83 bits per heavy atom. The van der Waals surface area contributed by atoms with Gasteiger partial charge < -0.3 is 10.1 Å². The van der Waals surface area contributed by atoms with Crippen molar-refractivity contribution in [2.24, 2.45) is 0 Å². The lowest BCUT2D eigenvalue weighted by atomic mass is 10.1. The Balaban J connectivity index is 2.81. The molecule has 0 spiro atoms. The first-order valence-corrected chi connectivity index (χ1v) is 6.53. The lowest BCUT2D eigenvalue weighted by Crippen LogP contribution is -2.09. The molecule has 1 N–H and O–H groups in total. The van der Waals surface area contributed by atoms with Gasteiger partial charge in [-0.25, -0.2) is 9.97 Å². The van der Waals surface area contributed by atoms with E-state index >= 15 is 0 Å². The number of rotatable bonds is 8. The molecule has 0 bridgehead atoms. The van der Waals surface area contributed by atoms with Crippen molar-refractivity contribution in [3.8, 4) is 5.88 Å². The van der Waals surface area contributed by atoms with Gasteiger partial charge in [0, 0.05) is 6.54 Å². The van der Waals surface area contributed by atoms with Crippen LogP contribution in [0.15, 0.2) is 19.0 Å². The number of ether oxygens (including phenoxy) is 1. The summed E-state index contributed by atoms with van der Waals surface area (Å²) < 4.78 is 5.75. The van der Waals surface area contributed by atoms with Crippen LogP contribution in [-0.4, -0.2) is 23.1 Å². The van der Waals surface area contributed by atoms with E-state index in [-0.39, 0.29) is 0 Å². The Kier molecular flexibility index (Phi) is 6.19. The highest BCUT2D eigenvalue weighted by Gasteiger charge is 2.15. The van der Waals surface area contributed by atoms with E-state index in [1.54, 1.807) is 6.33 Å². The highest BCUT2D eigenvalue weighted by Crippen LogP contribution is 2.29. The molecule has 0 amide bonds. The Morgan fingerprint density at radius 2 is 2.22 bits per heavy atom. The van der Waals surface area contributed by atoms with Crippen LogP contribution in [-0.2, 0) is 0 Å². The molecule has 0 aliphatic carbocycles. The van der Waals surface area contributed by atoms with E-state index in [0.29, 0.717) is 18.4 Å². The molecule has 0 aliphatic heterocycles. The van der Waals surface area contributed by atoms with Gasteiger partial charge >= 0.3 is 0 Å². The van der Waals surface area contributed by atoms with Gasteiger partial charge in [-0.05, 0) is 25.7 Å². The van der Waals surface area contributed by atoms with Crippen molar-refractivity contribution < 1.29 is 4.74 Å². The number of hydrogen-bond donors (Lipinski definition) is 1. The maximum Gasteiger partial charge on any atom is 0.222 e. The summed E-state index contributed by atoms with van der Waals surface area (Å²) in [5.74, 6) is 1.90. The summed E-state index contributed by atoms with van der Waals surface area (Å²) in [5, 5.41) is 3.25. The molecule has 0 atom stereocenters. The molecule has 0 aromatic carbocycles. The number of unbranched alkanes of at least 4 members (excludes halogenated alkanes) is 1. The SMILES string of the molecule is C=CCCCOc1ncnc(NCC)c1C(C)C. The zero-order chi connectivity index (χ0) is 13.4. The second-order valence-electron chi connectivity index (χ2n) is 4.41. The molecule has 0 unspecified atom stereocenters. The van der Waals surface area contributed by atoms with Crippen molar-refractivity contribution in [1.29, 1.82) is 0 Å². The fourth-order valence-electron chi connectivity index (χ4n) is 1.72. The summed E-state index contributed by atoms with van der Waals surface area (Å²) in [6.07, 6.45) is 5.37. The minimum Gasteiger partial charge on any atom is -0.477 e. The monoisotopic (exact) mass is 249 g/mol. The number of nitrogens with one attached hydrogen (secondary N) is 1. The minimum atomic E-state index is 0.328. The largest absolute Gasteiger partial charge is 0.477 e. The number of anilines is 1. The van der Waals surface area contributed by atoms with Gasteiger partial charge in [0.25, 0.3) is 0 Å². The molecule has 0 saturated carbocycles. The molecule has 4 heteroatoms. The van der Waals surface area contributed by atoms with Crippen molar-refractivity contribution >= 4 is 5.82 Å². The molecule has 1 aromatic heterocycles. The quantitative estimate of drug-likeness (QED) is 0.567. The van der Waals surface area contributed by atoms with Gasteiger partial charge in [0.05, 0.1) is 12.2 Å². The molecule has 4 nitrogen and oxygen atoms in total. The molecule has 1 aromatic rings. The van der Waals surface area contributed by atoms with Crippen LogP contribution in [0.1, 0.15) is 45.1 Å². The fourth-order valence-corrected chi connectivity index (χ4v) is 1.72. The molecule has 1 rings (SSSR count). The van der Waals surface area contributed by atoms with Gasteiger partial charge in [0.1, 0.15) is 12.1 Å². The number of aromatic nitrogens is 2. The first kappa shape index (κ1) is 14.5. The van der Waals surface area contributed by atoms with E-state index in [2.05, 4.69) is 42.6 Å². The lowest BCUT2D eigenvalue weighted by molar-refractivity contribution is 0.295.